The lowest BCUT2D eigenvalue weighted by Gasteiger charge is -2.44. The van der Waals surface area contributed by atoms with Crippen LogP contribution < -0.4 is 4.74 Å². The van der Waals surface area contributed by atoms with E-state index >= 15 is 0 Å². The first-order chi connectivity index (χ1) is 17.1. The van der Waals surface area contributed by atoms with Crippen LogP contribution in [0.3, 0.4) is 0 Å². The highest BCUT2D eigenvalue weighted by molar-refractivity contribution is 7.90. The van der Waals surface area contributed by atoms with Crippen molar-refractivity contribution in [2.75, 3.05) is 13.1 Å². The van der Waals surface area contributed by atoms with Crippen molar-refractivity contribution in [1.29, 1.82) is 0 Å². The number of nitrogens with zero attached hydrogens (tertiary/aromatic N) is 2. The zero-order valence-corrected chi connectivity index (χ0v) is 20.5. The zero-order chi connectivity index (χ0) is 25.6. The summed E-state index contributed by atoms with van der Waals surface area (Å²) >= 11 is 0. The molecule has 2 aliphatic carbocycles. The van der Waals surface area contributed by atoms with Gasteiger partial charge >= 0.3 is 6.36 Å². The molecule has 1 heterocycles. The van der Waals surface area contributed by atoms with Gasteiger partial charge in [-0.15, -0.1) is 13.2 Å². The molecule has 1 aliphatic heterocycles. The molecule has 0 spiro atoms. The quantitative estimate of drug-likeness (QED) is 0.456. The number of ether oxygens (including phenoxy) is 1. The van der Waals surface area contributed by atoms with Crippen molar-refractivity contribution in [1.82, 2.24) is 4.90 Å². The van der Waals surface area contributed by atoms with Gasteiger partial charge in [-0.3, -0.25) is 4.90 Å². The van der Waals surface area contributed by atoms with E-state index in [1.165, 1.54) is 17.3 Å². The Morgan fingerprint density at radius 1 is 1.08 bits per heavy atom. The number of benzene rings is 2. The largest absolute Gasteiger partial charge is 0.573 e. The van der Waals surface area contributed by atoms with Crippen LogP contribution >= 0.6 is 0 Å². The number of piperidine rings is 1. The van der Waals surface area contributed by atoms with Gasteiger partial charge in [0, 0.05) is 36.1 Å². The van der Waals surface area contributed by atoms with Crippen LogP contribution in [0.2, 0.25) is 0 Å². The predicted molar refractivity (Wildman–Crippen MR) is 131 cm³/mol. The van der Waals surface area contributed by atoms with Crippen molar-refractivity contribution in [2.24, 2.45) is 15.7 Å². The van der Waals surface area contributed by atoms with Crippen LogP contribution in [-0.4, -0.2) is 39.0 Å². The fourth-order valence-corrected chi connectivity index (χ4v) is 6.79. The highest BCUT2D eigenvalue weighted by Gasteiger charge is 2.50. The van der Waals surface area contributed by atoms with Gasteiger partial charge in [0.25, 0.3) is 10.0 Å². The van der Waals surface area contributed by atoms with Crippen molar-refractivity contribution in [2.45, 2.75) is 43.0 Å². The molecule has 1 saturated heterocycles. The Bertz CT molecular complexity index is 1320. The summed E-state index contributed by atoms with van der Waals surface area (Å²) in [6.45, 7) is 3.88. The summed E-state index contributed by atoms with van der Waals surface area (Å²) in [5, 5.41) is 0. The molecule has 5 rings (SSSR count). The second-order valence-corrected chi connectivity index (χ2v) is 11.4. The van der Waals surface area contributed by atoms with Gasteiger partial charge in [-0.1, -0.05) is 55.5 Å². The van der Waals surface area contributed by atoms with Gasteiger partial charge in [0.1, 0.15) is 5.75 Å². The first kappa shape index (κ1) is 24.8. The summed E-state index contributed by atoms with van der Waals surface area (Å²) < 4.78 is 70.2. The smallest absolute Gasteiger partial charge is 0.406 e. The van der Waals surface area contributed by atoms with E-state index in [2.05, 4.69) is 69.5 Å². The van der Waals surface area contributed by atoms with Gasteiger partial charge < -0.3 is 4.74 Å². The molecule has 0 N–H and O–H groups in total. The lowest BCUT2D eigenvalue weighted by molar-refractivity contribution is -0.274. The maximum absolute atomic E-state index is 12.7. The number of hydrogen-bond donors (Lipinski definition) is 0. The molecule has 4 unspecified atom stereocenters. The van der Waals surface area contributed by atoms with E-state index in [0.29, 0.717) is 12.5 Å². The van der Waals surface area contributed by atoms with E-state index < -0.39 is 22.1 Å². The summed E-state index contributed by atoms with van der Waals surface area (Å²) in [4.78, 5) is 2.26. The van der Waals surface area contributed by atoms with Crippen molar-refractivity contribution in [3.8, 4) is 5.75 Å². The van der Waals surface area contributed by atoms with Crippen LogP contribution in [0.25, 0.3) is 0 Å². The van der Waals surface area contributed by atoms with E-state index in [9.17, 15) is 21.6 Å². The molecular formula is C27H27F3N2O3S. The highest BCUT2D eigenvalue weighted by Crippen LogP contribution is 2.59. The summed E-state index contributed by atoms with van der Waals surface area (Å²) in [6, 6.07) is 12.8. The van der Waals surface area contributed by atoms with Crippen molar-refractivity contribution in [3.63, 3.8) is 0 Å². The topological polar surface area (TPSA) is 59.0 Å². The molecule has 3 aliphatic rings. The van der Waals surface area contributed by atoms with Crippen LogP contribution in [0.15, 0.2) is 82.1 Å². The maximum atomic E-state index is 12.7. The van der Waals surface area contributed by atoms with Gasteiger partial charge in [0.05, 0.1) is 4.90 Å². The number of halogens is 3. The molecule has 0 bridgehead atoms. The molecule has 2 aromatic rings. The molecule has 0 aromatic heterocycles. The molecule has 1 fully saturated rings. The molecule has 36 heavy (non-hydrogen) atoms. The number of allylic oxidation sites excluding steroid dienone is 3. The minimum Gasteiger partial charge on any atom is -0.406 e. The van der Waals surface area contributed by atoms with E-state index in [0.717, 1.165) is 43.7 Å². The molecule has 9 heteroatoms. The highest BCUT2D eigenvalue weighted by atomic mass is 32.2. The molecular weight excluding hydrogens is 489 g/mol. The normalized spacial score (nSPS) is 28.3. The van der Waals surface area contributed by atoms with Gasteiger partial charge in [-0.25, -0.2) is 0 Å². The van der Waals surface area contributed by atoms with Crippen LogP contribution in [0.4, 0.5) is 13.2 Å². The van der Waals surface area contributed by atoms with E-state index in [1.807, 2.05) is 0 Å². The van der Waals surface area contributed by atoms with Crippen LogP contribution in [-0.2, 0) is 10.0 Å². The average Bonchev–Trinajstić information content (AvgIpc) is 3.10. The summed E-state index contributed by atoms with van der Waals surface area (Å²) in [5.41, 5.74) is 2.55. The number of likely N-dealkylation sites (tertiary alicyclic amines) is 1. The second-order valence-electron chi connectivity index (χ2n) is 9.77. The van der Waals surface area contributed by atoms with Crippen molar-refractivity contribution >= 4 is 16.2 Å². The third kappa shape index (κ3) is 4.74. The Morgan fingerprint density at radius 2 is 1.81 bits per heavy atom. The lowest BCUT2D eigenvalue weighted by atomic mass is 9.72. The third-order valence-electron chi connectivity index (χ3n) is 7.37. The second kappa shape index (κ2) is 9.19. The molecule has 0 radical (unpaired) electrons. The number of hydrogen-bond acceptors (Lipinski definition) is 4. The standard InChI is InChI=1S/C27H27F3N2O3S/c1-26-15-5-4-10-24(26)22-8-2-3-9-23(22)25(26)32-16-6-7-19(18-32)17-31-36(33,34)21-13-11-20(12-14-21)35-27(28,29)30/h2-5,8-15,17,19,24-25H,6-7,16,18H2,1H3/b31-17+. The zero-order valence-electron chi connectivity index (χ0n) is 19.7. The van der Waals surface area contributed by atoms with Crippen molar-refractivity contribution in [3.05, 3.63) is 84.0 Å². The van der Waals surface area contributed by atoms with Gasteiger partial charge in [-0.2, -0.15) is 12.8 Å². The SMILES string of the molecule is CC12C=CC=CC1c1ccccc1C2N1CCCC(/C=N/S(=O)(=O)c2ccc(OC(F)(F)F)cc2)C1. The minimum atomic E-state index is -4.84. The fourth-order valence-electron chi connectivity index (χ4n) is 5.85. The van der Waals surface area contributed by atoms with Crippen LogP contribution in [0.1, 0.15) is 42.9 Å². The molecule has 5 nitrogen and oxygen atoms in total. The Morgan fingerprint density at radius 3 is 2.53 bits per heavy atom. The Kier molecular flexibility index (Phi) is 6.32. The van der Waals surface area contributed by atoms with E-state index in [4.69, 9.17) is 0 Å². The first-order valence-electron chi connectivity index (χ1n) is 11.9. The maximum Gasteiger partial charge on any atom is 0.573 e. The monoisotopic (exact) mass is 516 g/mol. The third-order valence-corrected chi connectivity index (χ3v) is 8.64. The molecule has 4 atom stereocenters. The summed E-state index contributed by atoms with van der Waals surface area (Å²) in [7, 11) is -4.04. The fraction of sp³-hybridized carbons (Fsp3) is 0.370. The number of alkyl halides is 3. The summed E-state index contributed by atoms with van der Waals surface area (Å²) in [6.07, 6.45) is 7.14. The lowest BCUT2D eigenvalue weighted by Crippen LogP contribution is -2.44. The van der Waals surface area contributed by atoms with Crippen LogP contribution in [0, 0.1) is 11.3 Å². The molecule has 190 valence electrons. The molecule has 0 amide bonds. The predicted octanol–water partition coefficient (Wildman–Crippen LogP) is 6.03. The van der Waals surface area contributed by atoms with E-state index in [1.54, 1.807) is 0 Å². The average molecular weight is 517 g/mol. The van der Waals surface area contributed by atoms with Gasteiger partial charge in [0.2, 0.25) is 0 Å². The number of sulfonamides is 1. The number of fused-ring (bicyclic) bond motifs is 3. The summed E-state index contributed by atoms with van der Waals surface area (Å²) in [5.74, 6) is -0.245. The molecule has 0 saturated carbocycles. The Labute approximate surface area is 209 Å². The Balaban J connectivity index is 1.33. The van der Waals surface area contributed by atoms with E-state index in [-0.39, 0.29) is 22.3 Å². The van der Waals surface area contributed by atoms with Gasteiger partial charge in [-0.05, 0) is 54.8 Å². The van der Waals surface area contributed by atoms with Gasteiger partial charge in [0.15, 0.2) is 0 Å². The Hall–Kier alpha value is -2.91. The number of rotatable bonds is 5. The first-order valence-corrected chi connectivity index (χ1v) is 13.4. The van der Waals surface area contributed by atoms with Crippen LogP contribution in [0.5, 0.6) is 5.75 Å². The van der Waals surface area contributed by atoms with Crippen molar-refractivity contribution < 1.29 is 26.3 Å². The molecule has 2 aromatic carbocycles. The minimum absolute atomic E-state index is 0.0562.